The van der Waals surface area contributed by atoms with Crippen LogP contribution < -0.4 is 5.32 Å². The molecule has 1 amide bonds. The lowest BCUT2D eigenvalue weighted by molar-refractivity contribution is -0.130. The third kappa shape index (κ3) is 3.38. The number of benzene rings is 2. The second-order valence-electron chi connectivity index (χ2n) is 6.65. The monoisotopic (exact) mass is 379 g/mol. The number of aryl methyl sites for hydroxylation is 1. The maximum Gasteiger partial charge on any atom is 0.339 e. The summed E-state index contributed by atoms with van der Waals surface area (Å²) in [6.07, 6.45) is 2.67. The molecule has 1 aromatic heterocycles. The summed E-state index contributed by atoms with van der Waals surface area (Å²) in [6.45, 7) is 0. The lowest BCUT2D eigenvalue weighted by atomic mass is 9.97. The molecule has 1 aliphatic rings. The largest absolute Gasteiger partial charge is 0.448 e. The average Bonchev–Trinajstić information content (AvgIpc) is 3.11. The summed E-state index contributed by atoms with van der Waals surface area (Å²) in [7, 11) is 1.79. The van der Waals surface area contributed by atoms with E-state index in [0.717, 1.165) is 5.56 Å². The number of cyclic esters (lactones) is 1. The highest BCUT2D eigenvalue weighted by Crippen LogP contribution is 2.24. The first-order valence-electron chi connectivity index (χ1n) is 8.85. The number of hydrogen-bond acceptors (Lipinski definition) is 4. The Labute approximate surface area is 161 Å². The van der Waals surface area contributed by atoms with Crippen LogP contribution in [0, 0.1) is 5.82 Å². The van der Waals surface area contributed by atoms with E-state index in [1.165, 1.54) is 12.1 Å². The van der Waals surface area contributed by atoms with Crippen molar-refractivity contribution in [3.63, 3.8) is 0 Å². The molecule has 3 aromatic rings. The molecular formula is C21H18FN3O3. The fourth-order valence-electron chi connectivity index (χ4n) is 3.35. The Kier molecular flexibility index (Phi) is 4.65. The molecule has 0 unspecified atom stereocenters. The topological polar surface area (TPSA) is 73.2 Å². The van der Waals surface area contributed by atoms with Crippen LogP contribution in [0.4, 0.5) is 4.39 Å². The molecule has 0 saturated heterocycles. The highest BCUT2D eigenvalue weighted by molar-refractivity contribution is 5.95. The molecule has 28 heavy (non-hydrogen) atoms. The Bertz CT molecular complexity index is 1050. The van der Waals surface area contributed by atoms with Gasteiger partial charge in [-0.25, -0.2) is 14.2 Å². The normalized spacial score (nSPS) is 16.8. The van der Waals surface area contributed by atoms with Crippen molar-refractivity contribution in [3.05, 3.63) is 89.3 Å². The molecule has 0 spiro atoms. The molecule has 0 aliphatic carbocycles. The Morgan fingerprint density at radius 1 is 1.29 bits per heavy atom. The summed E-state index contributed by atoms with van der Waals surface area (Å²) in [5.74, 6) is -0.855. The van der Waals surface area contributed by atoms with Crippen LogP contribution in [0.1, 0.15) is 33.4 Å². The van der Waals surface area contributed by atoms with Crippen LogP contribution in [0.15, 0.2) is 60.9 Å². The van der Waals surface area contributed by atoms with Gasteiger partial charge in [0.2, 0.25) is 0 Å². The Morgan fingerprint density at radius 2 is 2.11 bits per heavy atom. The number of ether oxygens (including phenoxy) is 1. The van der Waals surface area contributed by atoms with Crippen LogP contribution in [-0.2, 0) is 23.0 Å². The summed E-state index contributed by atoms with van der Waals surface area (Å²) in [5.41, 5.74) is 1.78. The van der Waals surface area contributed by atoms with Gasteiger partial charge in [-0.1, -0.05) is 30.3 Å². The first kappa shape index (κ1) is 17.9. The van der Waals surface area contributed by atoms with E-state index in [2.05, 4.69) is 10.3 Å². The van der Waals surface area contributed by atoms with E-state index < -0.39 is 29.8 Å². The third-order valence-electron chi connectivity index (χ3n) is 4.77. The summed E-state index contributed by atoms with van der Waals surface area (Å²) in [5, 5.41) is 2.86. The van der Waals surface area contributed by atoms with Crippen molar-refractivity contribution in [2.45, 2.75) is 18.6 Å². The summed E-state index contributed by atoms with van der Waals surface area (Å²) < 4.78 is 20.8. The van der Waals surface area contributed by atoms with Gasteiger partial charge in [0.1, 0.15) is 17.7 Å². The number of nitrogens with one attached hydrogen (secondary N) is 1. The highest BCUT2D eigenvalue weighted by atomic mass is 19.1. The Morgan fingerprint density at radius 3 is 2.86 bits per heavy atom. The van der Waals surface area contributed by atoms with Gasteiger partial charge in [-0.3, -0.25) is 4.79 Å². The SMILES string of the molecule is Cn1ccnc1[C@H](NC(=O)[C@H]1Cc2ccccc2C(=O)O1)c1cccc(F)c1. The molecule has 2 atom stereocenters. The van der Waals surface area contributed by atoms with Crippen molar-refractivity contribution in [1.82, 2.24) is 14.9 Å². The lowest BCUT2D eigenvalue weighted by Crippen LogP contribution is -2.43. The zero-order chi connectivity index (χ0) is 19.7. The van der Waals surface area contributed by atoms with E-state index in [-0.39, 0.29) is 6.42 Å². The van der Waals surface area contributed by atoms with Crippen LogP contribution in [0.5, 0.6) is 0 Å². The van der Waals surface area contributed by atoms with Gasteiger partial charge in [-0.2, -0.15) is 0 Å². The molecule has 0 fully saturated rings. The molecule has 0 bridgehead atoms. The van der Waals surface area contributed by atoms with Crippen molar-refractivity contribution >= 4 is 11.9 Å². The van der Waals surface area contributed by atoms with Crippen LogP contribution in [0.3, 0.4) is 0 Å². The minimum absolute atomic E-state index is 0.282. The third-order valence-corrected chi connectivity index (χ3v) is 4.77. The number of carbonyl (C=O) groups excluding carboxylic acids is 2. The lowest BCUT2D eigenvalue weighted by Gasteiger charge is -2.26. The maximum atomic E-state index is 13.8. The minimum Gasteiger partial charge on any atom is -0.448 e. The van der Waals surface area contributed by atoms with Crippen LogP contribution in [0.2, 0.25) is 0 Å². The fraction of sp³-hybridized carbons (Fsp3) is 0.190. The van der Waals surface area contributed by atoms with Crippen LogP contribution in [0.25, 0.3) is 0 Å². The van der Waals surface area contributed by atoms with E-state index in [4.69, 9.17) is 4.74 Å². The molecule has 7 heteroatoms. The molecule has 4 rings (SSSR count). The number of aromatic nitrogens is 2. The van der Waals surface area contributed by atoms with E-state index in [1.807, 2.05) is 6.07 Å². The molecule has 142 valence electrons. The minimum atomic E-state index is -0.960. The van der Waals surface area contributed by atoms with Crippen molar-refractivity contribution in [3.8, 4) is 0 Å². The predicted octanol–water partition coefficient (Wildman–Crippen LogP) is 2.55. The van der Waals surface area contributed by atoms with Crippen molar-refractivity contribution in [2.75, 3.05) is 0 Å². The quantitative estimate of drug-likeness (QED) is 0.707. The fourth-order valence-corrected chi connectivity index (χ4v) is 3.35. The number of hydrogen-bond donors (Lipinski definition) is 1. The van der Waals surface area contributed by atoms with Crippen molar-refractivity contribution < 1.29 is 18.7 Å². The van der Waals surface area contributed by atoms with Gasteiger partial charge in [0, 0.05) is 25.9 Å². The zero-order valence-electron chi connectivity index (χ0n) is 15.1. The molecule has 2 aromatic carbocycles. The number of esters is 1. The summed E-state index contributed by atoms with van der Waals surface area (Å²) >= 11 is 0. The first-order chi connectivity index (χ1) is 13.5. The predicted molar refractivity (Wildman–Crippen MR) is 98.9 cm³/mol. The van der Waals surface area contributed by atoms with E-state index in [0.29, 0.717) is 17.0 Å². The number of imidazole rings is 1. The molecule has 1 N–H and O–H groups in total. The van der Waals surface area contributed by atoms with E-state index in [1.54, 1.807) is 54.3 Å². The number of amides is 1. The zero-order valence-corrected chi connectivity index (χ0v) is 15.1. The smallest absolute Gasteiger partial charge is 0.339 e. The molecule has 2 heterocycles. The van der Waals surface area contributed by atoms with Gasteiger partial charge in [-0.05, 0) is 29.3 Å². The second-order valence-corrected chi connectivity index (χ2v) is 6.65. The molecule has 1 aliphatic heterocycles. The van der Waals surface area contributed by atoms with Gasteiger partial charge < -0.3 is 14.6 Å². The molecule has 0 radical (unpaired) electrons. The van der Waals surface area contributed by atoms with Crippen molar-refractivity contribution in [1.29, 1.82) is 0 Å². The summed E-state index contributed by atoms with van der Waals surface area (Å²) in [6, 6.07) is 12.3. The van der Waals surface area contributed by atoms with E-state index in [9.17, 15) is 14.0 Å². The van der Waals surface area contributed by atoms with Gasteiger partial charge in [0.25, 0.3) is 5.91 Å². The number of rotatable bonds is 4. The molecule has 0 saturated carbocycles. The van der Waals surface area contributed by atoms with Crippen LogP contribution in [-0.4, -0.2) is 27.5 Å². The summed E-state index contributed by atoms with van der Waals surface area (Å²) in [4.78, 5) is 29.4. The Balaban J connectivity index is 1.62. The highest BCUT2D eigenvalue weighted by Gasteiger charge is 2.33. The van der Waals surface area contributed by atoms with Gasteiger partial charge in [0.05, 0.1) is 5.56 Å². The van der Waals surface area contributed by atoms with E-state index >= 15 is 0 Å². The average molecular weight is 379 g/mol. The van der Waals surface area contributed by atoms with Crippen molar-refractivity contribution in [2.24, 2.45) is 7.05 Å². The van der Waals surface area contributed by atoms with Gasteiger partial charge in [0.15, 0.2) is 6.10 Å². The number of carbonyl (C=O) groups is 2. The number of halogens is 1. The number of nitrogens with zero attached hydrogens (tertiary/aromatic N) is 2. The molecular weight excluding hydrogens is 361 g/mol. The standard InChI is InChI=1S/C21H18FN3O3/c1-25-10-9-23-19(25)18(14-6-4-7-15(22)11-14)24-20(26)17-12-13-5-2-3-8-16(13)21(27)28-17/h2-11,17-18H,12H2,1H3,(H,24,26)/t17-,18-/m1/s1. The number of fused-ring (bicyclic) bond motifs is 1. The maximum absolute atomic E-state index is 13.8. The van der Waals surface area contributed by atoms with Crippen LogP contribution >= 0.6 is 0 Å². The second kappa shape index (κ2) is 7.26. The first-order valence-corrected chi connectivity index (χ1v) is 8.85. The Hall–Kier alpha value is -3.48. The van der Waals surface area contributed by atoms with Gasteiger partial charge >= 0.3 is 5.97 Å². The molecule has 6 nitrogen and oxygen atoms in total. The van der Waals surface area contributed by atoms with Gasteiger partial charge in [-0.15, -0.1) is 0 Å².